The van der Waals surface area contributed by atoms with E-state index in [1.807, 2.05) is 0 Å². The summed E-state index contributed by atoms with van der Waals surface area (Å²) in [7, 11) is 0. The molecule has 0 atom stereocenters. The molecule has 1 aromatic carbocycles. The first-order chi connectivity index (χ1) is 6.45. The third-order valence-corrected chi connectivity index (χ3v) is 2.14. The highest BCUT2D eigenvalue weighted by Gasteiger charge is 2.33. The van der Waals surface area contributed by atoms with Crippen LogP contribution in [0, 0.1) is 5.82 Å². The van der Waals surface area contributed by atoms with Gasteiger partial charge in [-0.25, -0.2) is 4.39 Å². The van der Waals surface area contributed by atoms with Gasteiger partial charge in [-0.05, 0) is 24.1 Å². The van der Waals surface area contributed by atoms with Crippen LogP contribution in [0.2, 0.25) is 0 Å². The first-order valence-corrected chi connectivity index (χ1v) is 4.99. The molecule has 0 unspecified atom stereocenters. The Kier molecular flexibility index (Phi) is 3.53. The molecular formula is C9H7BrF4. The van der Waals surface area contributed by atoms with E-state index in [-0.39, 0.29) is 12.0 Å². The maximum absolute atomic E-state index is 12.6. The van der Waals surface area contributed by atoms with E-state index in [1.165, 1.54) is 6.07 Å². The minimum Gasteiger partial charge on any atom is -0.207 e. The van der Waals surface area contributed by atoms with E-state index >= 15 is 0 Å². The Labute approximate surface area is 87.1 Å². The molecule has 0 nitrogen and oxygen atoms in total. The maximum atomic E-state index is 12.6. The molecule has 0 radical (unpaired) electrons. The largest absolute Gasteiger partial charge is 0.416 e. The molecule has 0 fully saturated rings. The van der Waals surface area contributed by atoms with E-state index in [0.29, 0.717) is 11.4 Å². The lowest BCUT2D eigenvalue weighted by Crippen LogP contribution is -2.10. The summed E-state index contributed by atoms with van der Waals surface area (Å²) in [5.74, 6) is -0.865. The lowest BCUT2D eigenvalue weighted by atomic mass is 10.0. The molecule has 1 aromatic rings. The normalized spacial score (nSPS) is 11.8. The zero-order valence-corrected chi connectivity index (χ0v) is 8.62. The molecule has 1 rings (SSSR count). The van der Waals surface area contributed by atoms with Gasteiger partial charge in [0.25, 0.3) is 0 Å². The summed E-state index contributed by atoms with van der Waals surface area (Å²) < 4.78 is 49.7. The van der Waals surface area contributed by atoms with Crippen molar-refractivity contribution >= 4 is 15.9 Å². The molecule has 5 heteroatoms. The van der Waals surface area contributed by atoms with Crippen molar-refractivity contribution < 1.29 is 17.6 Å². The highest BCUT2D eigenvalue weighted by molar-refractivity contribution is 9.09. The Morgan fingerprint density at radius 3 is 2.36 bits per heavy atom. The lowest BCUT2D eigenvalue weighted by Gasteiger charge is -2.11. The number of aryl methyl sites for hydroxylation is 1. The van der Waals surface area contributed by atoms with E-state index in [0.717, 1.165) is 6.07 Å². The van der Waals surface area contributed by atoms with Crippen LogP contribution in [0.25, 0.3) is 0 Å². The van der Waals surface area contributed by atoms with Crippen molar-refractivity contribution in [2.24, 2.45) is 0 Å². The van der Waals surface area contributed by atoms with Gasteiger partial charge in [-0.3, -0.25) is 0 Å². The summed E-state index contributed by atoms with van der Waals surface area (Å²) in [6.45, 7) is 0. The monoisotopic (exact) mass is 270 g/mol. The Balaban J connectivity index is 3.16. The molecule has 0 aliphatic carbocycles. The Morgan fingerprint density at radius 2 is 1.86 bits per heavy atom. The highest BCUT2D eigenvalue weighted by atomic mass is 79.9. The number of alkyl halides is 4. The molecule has 0 heterocycles. The fraction of sp³-hybridized carbons (Fsp3) is 0.333. The van der Waals surface area contributed by atoms with E-state index in [4.69, 9.17) is 0 Å². The molecular weight excluding hydrogens is 264 g/mol. The highest BCUT2D eigenvalue weighted by Crippen LogP contribution is 2.32. The molecule has 0 aliphatic heterocycles. The smallest absolute Gasteiger partial charge is 0.207 e. The van der Waals surface area contributed by atoms with Crippen LogP contribution in [-0.4, -0.2) is 5.33 Å². The zero-order chi connectivity index (χ0) is 10.8. The zero-order valence-electron chi connectivity index (χ0n) is 7.04. The van der Waals surface area contributed by atoms with Crippen LogP contribution in [-0.2, 0) is 12.6 Å². The maximum Gasteiger partial charge on any atom is 0.416 e. The molecule has 0 spiro atoms. The Morgan fingerprint density at radius 1 is 1.21 bits per heavy atom. The van der Waals surface area contributed by atoms with Crippen LogP contribution < -0.4 is 0 Å². The van der Waals surface area contributed by atoms with Crippen molar-refractivity contribution in [1.29, 1.82) is 0 Å². The summed E-state index contributed by atoms with van der Waals surface area (Å²) >= 11 is 3.04. The van der Waals surface area contributed by atoms with Crippen molar-refractivity contribution in [3.8, 4) is 0 Å². The van der Waals surface area contributed by atoms with Gasteiger partial charge in [0.05, 0.1) is 5.56 Å². The summed E-state index contributed by atoms with van der Waals surface area (Å²) in [6, 6.07) is 2.73. The van der Waals surface area contributed by atoms with Crippen molar-refractivity contribution in [1.82, 2.24) is 0 Å². The Hall–Kier alpha value is -0.580. The topological polar surface area (TPSA) is 0 Å². The van der Waals surface area contributed by atoms with Crippen molar-refractivity contribution in [3.63, 3.8) is 0 Å². The van der Waals surface area contributed by atoms with Crippen LogP contribution in [0.15, 0.2) is 18.2 Å². The third kappa shape index (κ3) is 2.70. The van der Waals surface area contributed by atoms with Crippen LogP contribution >= 0.6 is 15.9 Å². The number of hydrogen-bond acceptors (Lipinski definition) is 0. The third-order valence-electron chi connectivity index (χ3n) is 1.74. The van der Waals surface area contributed by atoms with E-state index in [1.54, 1.807) is 0 Å². The average molecular weight is 271 g/mol. The van der Waals surface area contributed by atoms with Gasteiger partial charge >= 0.3 is 6.18 Å². The van der Waals surface area contributed by atoms with Gasteiger partial charge in [0, 0.05) is 5.33 Å². The summed E-state index contributed by atoms with van der Waals surface area (Å²) in [4.78, 5) is 0. The van der Waals surface area contributed by atoms with Gasteiger partial charge in [0.1, 0.15) is 5.82 Å². The van der Waals surface area contributed by atoms with Crippen LogP contribution in [0.1, 0.15) is 11.1 Å². The van der Waals surface area contributed by atoms with Crippen LogP contribution in [0.4, 0.5) is 17.6 Å². The molecule has 0 amide bonds. The minimum atomic E-state index is -4.49. The van der Waals surface area contributed by atoms with Gasteiger partial charge < -0.3 is 0 Å². The molecule has 0 saturated heterocycles. The lowest BCUT2D eigenvalue weighted by molar-refractivity contribution is -0.138. The molecule has 78 valence electrons. The number of hydrogen-bond donors (Lipinski definition) is 0. The van der Waals surface area contributed by atoms with Crippen molar-refractivity contribution in [2.45, 2.75) is 12.6 Å². The fourth-order valence-electron chi connectivity index (χ4n) is 1.13. The minimum absolute atomic E-state index is 0.107. The standard InChI is InChI=1S/C9H7BrF4/c10-4-3-6-1-2-7(11)5-8(6)9(12,13)14/h1-2,5H,3-4H2. The van der Waals surface area contributed by atoms with Gasteiger partial charge in [-0.15, -0.1) is 0 Å². The molecule has 0 aliphatic rings. The van der Waals surface area contributed by atoms with Gasteiger partial charge in [-0.1, -0.05) is 22.0 Å². The second-order valence-electron chi connectivity index (χ2n) is 2.74. The molecule has 0 aromatic heterocycles. The summed E-state index contributed by atoms with van der Waals surface area (Å²) in [5, 5.41) is 0.418. The fourth-order valence-corrected chi connectivity index (χ4v) is 1.56. The summed E-state index contributed by atoms with van der Waals surface area (Å²) in [5.41, 5.74) is -0.785. The summed E-state index contributed by atoms with van der Waals surface area (Å²) in [6.07, 6.45) is -4.26. The second kappa shape index (κ2) is 4.29. The quantitative estimate of drug-likeness (QED) is 0.567. The van der Waals surface area contributed by atoms with Gasteiger partial charge in [0.15, 0.2) is 0 Å². The predicted molar refractivity (Wildman–Crippen MR) is 48.9 cm³/mol. The van der Waals surface area contributed by atoms with Crippen LogP contribution in [0.5, 0.6) is 0 Å². The number of halogens is 5. The molecule has 14 heavy (non-hydrogen) atoms. The predicted octanol–water partition coefficient (Wildman–Crippen LogP) is 3.78. The first-order valence-electron chi connectivity index (χ1n) is 3.86. The van der Waals surface area contributed by atoms with Crippen molar-refractivity contribution in [2.75, 3.05) is 5.33 Å². The number of benzene rings is 1. The van der Waals surface area contributed by atoms with E-state index < -0.39 is 17.6 Å². The molecule has 0 bridgehead atoms. The van der Waals surface area contributed by atoms with Crippen molar-refractivity contribution in [3.05, 3.63) is 35.1 Å². The van der Waals surface area contributed by atoms with E-state index in [9.17, 15) is 17.6 Å². The van der Waals surface area contributed by atoms with Crippen LogP contribution in [0.3, 0.4) is 0 Å². The second-order valence-corrected chi connectivity index (χ2v) is 3.53. The van der Waals surface area contributed by atoms with Gasteiger partial charge in [-0.2, -0.15) is 13.2 Å². The molecule has 0 saturated carbocycles. The molecule has 0 N–H and O–H groups in total. The number of rotatable bonds is 2. The van der Waals surface area contributed by atoms with E-state index in [2.05, 4.69) is 15.9 Å². The Bertz CT molecular complexity index is 319. The average Bonchev–Trinajstić information content (AvgIpc) is 2.07. The first kappa shape index (κ1) is 11.5. The van der Waals surface area contributed by atoms with Gasteiger partial charge in [0.2, 0.25) is 0 Å². The SMILES string of the molecule is Fc1ccc(CCBr)c(C(F)(F)F)c1.